The number of rotatable bonds is 16. The largest absolute Gasteiger partial charge is 0.367 e. The zero-order valence-electron chi connectivity index (χ0n) is 35.4. The Bertz CT molecular complexity index is 2420. The zero-order valence-corrected chi connectivity index (χ0v) is 37.0. The van der Waals surface area contributed by atoms with Crippen molar-refractivity contribution >= 4 is 92.5 Å². The van der Waals surface area contributed by atoms with Crippen molar-refractivity contribution in [2.24, 2.45) is 0 Å². The number of anilines is 6. The monoisotopic (exact) mass is 878 g/mol. The highest BCUT2D eigenvalue weighted by atomic mass is 35.5. The van der Waals surface area contributed by atoms with Gasteiger partial charge in [0.05, 0.1) is 16.4 Å². The van der Waals surface area contributed by atoms with Crippen LogP contribution in [-0.2, 0) is 19.2 Å². The van der Waals surface area contributed by atoms with E-state index in [2.05, 4.69) is 43.0 Å². The van der Waals surface area contributed by atoms with Crippen LogP contribution in [0.25, 0.3) is 0 Å². The minimum Gasteiger partial charge on any atom is -0.367 e. The number of carbonyl (C=O) groups is 6. The van der Waals surface area contributed by atoms with Gasteiger partial charge < -0.3 is 21.3 Å². The molecule has 0 saturated carbocycles. The summed E-state index contributed by atoms with van der Waals surface area (Å²) >= 11 is 12.5. The van der Waals surface area contributed by atoms with Crippen molar-refractivity contribution in [2.75, 3.05) is 32.1 Å². The molecule has 0 spiro atoms. The molecule has 0 aliphatic carbocycles. The predicted octanol–water partition coefficient (Wildman–Crippen LogP) is 8.37. The fourth-order valence-corrected chi connectivity index (χ4v) is 6.53. The number of benzene rings is 5. The van der Waals surface area contributed by atoms with E-state index in [4.69, 9.17) is 23.2 Å². The van der Waals surface area contributed by atoms with Gasteiger partial charge in [-0.2, -0.15) is 0 Å². The minimum absolute atomic E-state index is 0.221. The first-order chi connectivity index (χ1) is 29.3. The lowest BCUT2D eigenvalue weighted by Crippen LogP contribution is -2.46. The second-order valence-electron chi connectivity index (χ2n) is 15.0. The number of hydrogen-bond acceptors (Lipinski definition) is 10. The SMILES string of the molecule is CC(=O)C(Nc1cc(C)c(NC(C(C)=O)C(=O)NNc2cc(C(=O)Nc3cc(C)ccc3C)ccc2Cl)cc1C)C(=O)NNc1cc(C(=O)Nc2cc(Cl)ccc2C)ccc1C. The topological polar surface area (TPSA) is 199 Å². The van der Waals surface area contributed by atoms with Crippen LogP contribution in [0.1, 0.15) is 67.9 Å². The van der Waals surface area contributed by atoms with Crippen molar-refractivity contribution in [3.63, 3.8) is 0 Å². The molecule has 0 aromatic heterocycles. The average Bonchev–Trinajstić information content (AvgIpc) is 3.21. The summed E-state index contributed by atoms with van der Waals surface area (Å²) in [6.07, 6.45) is 0. The molecule has 322 valence electrons. The molecule has 0 heterocycles. The van der Waals surface area contributed by atoms with E-state index < -0.39 is 35.5 Å². The summed E-state index contributed by atoms with van der Waals surface area (Å²) in [4.78, 5) is 78.6. The van der Waals surface area contributed by atoms with Gasteiger partial charge in [0.25, 0.3) is 23.6 Å². The Hall–Kier alpha value is -6.90. The molecule has 0 fully saturated rings. The van der Waals surface area contributed by atoms with Crippen molar-refractivity contribution in [2.45, 2.75) is 67.5 Å². The number of nitrogens with one attached hydrogen (secondary N) is 8. The molecule has 0 aliphatic rings. The van der Waals surface area contributed by atoms with Gasteiger partial charge in [0.1, 0.15) is 0 Å². The maximum atomic E-state index is 13.4. The second-order valence-corrected chi connectivity index (χ2v) is 15.8. The average molecular weight is 880 g/mol. The summed E-state index contributed by atoms with van der Waals surface area (Å²) in [5, 5.41) is 12.4. The quantitative estimate of drug-likeness (QED) is 0.0352. The molecule has 5 aromatic carbocycles. The van der Waals surface area contributed by atoms with Gasteiger partial charge in [-0.25, -0.2) is 0 Å². The lowest BCUT2D eigenvalue weighted by atomic mass is 10.0. The summed E-state index contributed by atoms with van der Waals surface area (Å²) in [7, 11) is 0. The van der Waals surface area contributed by atoms with E-state index in [1.165, 1.54) is 26.0 Å². The molecule has 0 radical (unpaired) electrons. The number of halogens is 2. The van der Waals surface area contributed by atoms with Gasteiger partial charge in [-0.1, -0.05) is 47.5 Å². The molecule has 8 N–H and O–H groups in total. The Kier molecular flexibility index (Phi) is 15.0. The van der Waals surface area contributed by atoms with Gasteiger partial charge in [-0.3, -0.25) is 50.5 Å². The first-order valence-electron chi connectivity index (χ1n) is 19.4. The third-order valence-electron chi connectivity index (χ3n) is 9.97. The molecule has 16 heteroatoms. The van der Waals surface area contributed by atoms with Gasteiger partial charge in [0.2, 0.25) is 0 Å². The van der Waals surface area contributed by atoms with E-state index in [1.807, 2.05) is 39.0 Å². The van der Waals surface area contributed by atoms with Crippen LogP contribution in [0, 0.1) is 41.5 Å². The molecule has 0 saturated heterocycles. The Morgan fingerprint density at radius 3 is 1.42 bits per heavy atom. The highest BCUT2D eigenvalue weighted by Gasteiger charge is 2.27. The van der Waals surface area contributed by atoms with Crippen molar-refractivity contribution in [1.82, 2.24) is 10.9 Å². The third-order valence-corrected chi connectivity index (χ3v) is 10.5. The van der Waals surface area contributed by atoms with Gasteiger partial charge in [-0.05, 0) is 149 Å². The molecule has 5 rings (SSSR count). The summed E-state index contributed by atoms with van der Waals surface area (Å²) in [6.45, 7) is 13.5. The number of carbonyl (C=O) groups excluding carboxylic acids is 6. The standard InChI is InChI=1S/C46H48Cl2N8O6/c1-23-9-10-24(2)35(17-23)51-44(60)32-14-16-34(48)40(21-32)54-56-46(62)42(30(8)58)50-37-19-27(5)36(18-28(37)6)49-41(29(7)57)45(61)55-53-39-20-31(13-11-26(39)4)43(59)52-38-22-33(47)15-12-25(38)3/h9-22,41-42,49-50,53-54H,1-8H3,(H,51,60)(H,52,59)(H,55,61)(H,56,62). The van der Waals surface area contributed by atoms with Crippen LogP contribution in [0.15, 0.2) is 84.9 Å². The maximum Gasteiger partial charge on any atom is 0.268 e. The molecule has 2 unspecified atom stereocenters. The molecule has 4 amide bonds. The smallest absolute Gasteiger partial charge is 0.268 e. The van der Waals surface area contributed by atoms with E-state index in [0.717, 1.165) is 22.3 Å². The van der Waals surface area contributed by atoms with Gasteiger partial charge in [-0.15, -0.1) is 0 Å². The van der Waals surface area contributed by atoms with E-state index in [9.17, 15) is 28.8 Å². The Morgan fingerprint density at radius 1 is 0.452 bits per heavy atom. The van der Waals surface area contributed by atoms with Gasteiger partial charge in [0.15, 0.2) is 23.7 Å². The Balaban J connectivity index is 1.22. The Labute approximate surface area is 369 Å². The second kappa shape index (κ2) is 20.1. The normalized spacial score (nSPS) is 11.6. The maximum absolute atomic E-state index is 13.4. The van der Waals surface area contributed by atoms with Crippen LogP contribution in [0.4, 0.5) is 34.1 Å². The summed E-state index contributed by atoms with van der Waals surface area (Å²) in [5.41, 5.74) is 18.6. The zero-order chi connectivity index (χ0) is 45.4. The molecular weight excluding hydrogens is 831 g/mol. The number of ketones is 2. The summed E-state index contributed by atoms with van der Waals surface area (Å²) in [5.74, 6) is -3.14. The van der Waals surface area contributed by atoms with E-state index >= 15 is 0 Å². The minimum atomic E-state index is -1.34. The molecule has 0 bridgehead atoms. The van der Waals surface area contributed by atoms with Crippen LogP contribution < -0.4 is 43.0 Å². The number of Topliss-reactive ketones (excluding diaryl/α,β-unsaturated/α-hetero) is 2. The van der Waals surface area contributed by atoms with Crippen molar-refractivity contribution in [3.05, 3.63) is 139 Å². The third kappa shape index (κ3) is 11.7. The number of amides is 4. The summed E-state index contributed by atoms with van der Waals surface area (Å²) < 4.78 is 0. The number of hydrogen-bond donors (Lipinski definition) is 8. The molecule has 14 nitrogen and oxygen atoms in total. The van der Waals surface area contributed by atoms with Gasteiger partial charge >= 0.3 is 0 Å². The number of aryl methyl sites for hydroxylation is 6. The van der Waals surface area contributed by atoms with Crippen molar-refractivity contribution in [3.8, 4) is 0 Å². The fraction of sp³-hybridized carbons (Fsp3) is 0.217. The highest BCUT2D eigenvalue weighted by molar-refractivity contribution is 6.33. The van der Waals surface area contributed by atoms with Crippen LogP contribution in [0.2, 0.25) is 10.0 Å². The van der Waals surface area contributed by atoms with E-state index in [1.54, 1.807) is 75.4 Å². The fourth-order valence-electron chi connectivity index (χ4n) is 6.19. The van der Waals surface area contributed by atoms with E-state index in [-0.39, 0.29) is 28.1 Å². The van der Waals surface area contributed by atoms with Crippen LogP contribution in [-0.4, -0.2) is 47.3 Å². The highest BCUT2D eigenvalue weighted by Crippen LogP contribution is 2.28. The Morgan fingerprint density at radius 2 is 0.887 bits per heavy atom. The molecule has 62 heavy (non-hydrogen) atoms. The molecular formula is C46H48Cl2N8O6. The lowest BCUT2D eigenvalue weighted by Gasteiger charge is -2.23. The van der Waals surface area contributed by atoms with E-state index in [0.29, 0.717) is 50.1 Å². The molecule has 5 aromatic rings. The predicted molar refractivity (Wildman–Crippen MR) is 246 cm³/mol. The summed E-state index contributed by atoms with van der Waals surface area (Å²) in [6, 6.07) is 21.1. The van der Waals surface area contributed by atoms with Crippen LogP contribution in [0.5, 0.6) is 0 Å². The number of hydrazine groups is 2. The lowest BCUT2D eigenvalue weighted by molar-refractivity contribution is -0.129. The van der Waals surface area contributed by atoms with Crippen LogP contribution >= 0.6 is 23.2 Å². The molecule has 2 atom stereocenters. The van der Waals surface area contributed by atoms with Crippen LogP contribution in [0.3, 0.4) is 0 Å². The van der Waals surface area contributed by atoms with Crippen molar-refractivity contribution in [1.29, 1.82) is 0 Å². The van der Waals surface area contributed by atoms with Gasteiger partial charge in [0, 0.05) is 38.9 Å². The van der Waals surface area contributed by atoms with Crippen molar-refractivity contribution < 1.29 is 28.8 Å². The first kappa shape index (κ1) is 46.2. The molecule has 0 aliphatic heterocycles. The first-order valence-corrected chi connectivity index (χ1v) is 20.2.